The topological polar surface area (TPSA) is 29.5 Å². The highest BCUT2D eigenvalue weighted by molar-refractivity contribution is 4.53. The van der Waals surface area contributed by atoms with Crippen molar-refractivity contribution in [3.05, 3.63) is 0 Å². The number of hydrogen-bond donors (Lipinski definition) is 1. The molecule has 0 aliphatic heterocycles. The van der Waals surface area contributed by atoms with Crippen molar-refractivity contribution in [1.29, 1.82) is 0 Å². The van der Waals surface area contributed by atoms with Gasteiger partial charge >= 0.3 is 0 Å². The van der Waals surface area contributed by atoms with Crippen LogP contribution in [0.25, 0.3) is 0 Å². The lowest BCUT2D eigenvalue weighted by atomic mass is 10.1. The summed E-state index contributed by atoms with van der Waals surface area (Å²) in [5.41, 5.74) is 0. The van der Waals surface area contributed by atoms with Crippen molar-refractivity contribution in [1.82, 2.24) is 0 Å². The Kier molecular flexibility index (Phi) is 9.42. The molecule has 86 valence electrons. The fourth-order valence-corrected chi connectivity index (χ4v) is 1.51. The predicted molar refractivity (Wildman–Crippen MR) is 60.4 cm³/mol. The van der Waals surface area contributed by atoms with Gasteiger partial charge in [-0.05, 0) is 31.1 Å². The zero-order valence-electron chi connectivity index (χ0n) is 9.96. The number of aliphatic hydroxyl groups is 1. The van der Waals surface area contributed by atoms with Gasteiger partial charge in [0.25, 0.3) is 0 Å². The Balaban J connectivity index is 3.19. The molecule has 0 aliphatic rings. The minimum atomic E-state index is 0.299. The highest BCUT2D eigenvalue weighted by Crippen LogP contribution is 2.09. The van der Waals surface area contributed by atoms with Gasteiger partial charge in [-0.25, -0.2) is 0 Å². The Hall–Kier alpha value is -0.0800. The molecular weight excluding hydrogens is 176 g/mol. The first kappa shape index (κ1) is 13.9. The lowest BCUT2D eigenvalue weighted by Gasteiger charge is -2.13. The van der Waals surface area contributed by atoms with E-state index in [-0.39, 0.29) is 0 Å². The summed E-state index contributed by atoms with van der Waals surface area (Å²) in [5.74, 6) is 1.27. The molecule has 0 spiro atoms. The Bertz CT molecular complexity index is 101. The largest absolute Gasteiger partial charge is 0.396 e. The van der Waals surface area contributed by atoms with Gasteiger partial charge in [0.1, 0.15) is 0 Å². The normalized spacial score (nSPS) is 15.4. The molecule has 0 aromatic rings. The molecule has 1 N–H and O–H groups in total. The van der Waals surface area contributed by atoms with Crippen LogP contribution in [0.1, 0.15) is 46.5 Å². The van der Waals surface area contributed by atoms with Gasteiger partial charge in [0.15, 0.2) is 0 Å². The van der Waals surface area contributed by atoms with E-state index in [0.717, 1.165) is 26.1 Å². The molecule has 0 saturated carbocycles. The van der Waals surface area contributed by atoms with Crippen LogP contribution in [0.2, 0.25) is 0 Å². The third-order valence-corrected chi connectivity index (χ3v) is 2.56. The summed E-state index contributed by atoms with van der Waals surface area (Å²) in [4.78, 5) is 0. The van der Waals surface area contributed by atoms with E-state index in [9.17, 15) is 0 Å². The van der Waals surface area contributed by atoms with Gasteiger partial charge in [-0.3, -0.25) is 0 Å². The third-order valence-electron chi connectivity index (χ3n) is 2.56. The van der Waals surface area contributed by atoms with Gasteiger partial charge in [0, 0.05) is 19.8 Å². The van der Waals surface area contributed by atoms with E-state index in [1.807, 2.05) is 0 Å². The van der Waals surface area contributed by atoms with Crippen LogP contribution in [0.5, 0.6) is 0 Å². The fraction of sp³-hybridized carbons (Fsp3) is 1.00. The van der Waals surface area contributed by atoms with Crippen molar-refractivity contribution >= 4 is 0 Å². The van der Waals surface area contributed by atoms with Gasteiger partial charge in [-0.15, -0.1) is 0 Å². The van der Waals surface area contributed by atoms with Crippen molar-refractivity contribution in [3.8, 4) is 0 Å². The van der Waals surface area contributed by atoms with Gasteiger partial charge in [0.2, 0.25) is 0 Å². The number of aliphatic hydroxyl groups excluding tert-OH is 1. The molecule has 0 radical (unpaired) electrons. The standard InChI is InChI=1S/C12H26O2/c1-4-5-12(3)10-14-9-7-11(2)6-8-13/h11-13H,4-10H2,1-3H3. The molecule has 14 heavy (non-hydrogen) atoms. The summed E-state index contributed by atoms with van der Waals surface area (Å²) < 4.78 is 5.58. The van der Waals surface area contributed by atoms with Crippen LogP contribution in [0.4, 0.5) is 0 Å². The average molecular weight is 202 g/mol. The van der Waals surface area contributed by atoms with Crippen LogP contribution < -0.4 is 0 Å². The Morgan fingerprint density at radius 3 is 2.36 bits per heavy atom. The van der Waals surface area contributed by atoms with Crippen molar-refractivity contribution in [2.45, 2.75) is 46.5 Å². The van der Waals surface area contributed by atoms with Crippen molar-refractivity contribution in [2.24, 2.45) is 11.8 Å². The smallest absolute Gasteiger partial charge is 0.0491 e. The Morgan fingerprint density at radius 1 is 1.07 bits per heavy atom. The zero-order chi connectivity index (χ0) is 10.8. The minimum absolute atomic E-state index is 0.299. The molecule has 0 saturated heterocycles. The van der Waals surface area contributed by atoms with Gasteiger partial charge in [0.05, 0.1) is 0 Å². The second kappa shape index (κ2) is 9.47. The lowest BCUT2D eigenvalue weighted by molar-refractivity contribution is 0.0892. The molecule has 0 heterocycles. The first-order valence-corrected chi connectivity index (χ1v) is 5.89. The molecule has 0 bridgehead atoms. The van der Waals surface area contributed by atoms with E-state index < -0.39 is 0 Å². The van der Waals surface area contributed by atoms with E-state index in [1.165, 1.54) is 12.8 Å². The van der Waals surface area contributed by atoms with Crippen LogP contribution in [-0.4, -0.2) is 24.9 Å². The van der Waals surface area contributed by atoms with E-state index in [4.69, 9.17) is 9.84 Å². The number of rotatable bonds is 9. The monoisotopic (exact) mass is 202 g/mol. The van der Waals surface area contributed by atoms with Crippen molar-refractivity contribution in [2.75, 3.05) is 19.8 Å². The Labute approximate surface area is 88.7 Å². The minimum Gasteiger partial charge on any atom is -0.396 e. The third kappa shape index (κ3) is 8.52. The number of ether oxygens (including phenoxy) is 1. The molecule has 2 unspecified atom stereocenters. The van der Waals surface area contributed by atoms with Crippen LogP contribution in [-0.2, 0) is 4.74 Å². The van der Waals surface area contributed by atoms with Gasteiger partial charge < -0.3 is 9.84 Å². The highest BCUT2D eigenvalue weighted by atomic mass is 16.5. The second-order valence-corrected chi connectivity index (χ2v) is 4.37. The van der Waals surface area contributed by atoms with E-state index in [2.05, 4.69) is 20.8 Å². The zero-order valence-corrected chi connectivity index (χ0v) is 9.96. The van der Waals surface area contributed by atoms with Gasteiger partial charge in [-0.1, -0.05) is 27.2 Å². The molecule has 0 rings (SSSR count). The maximum atomic E-state index is 8.71. The highest BCUT2D eigenvalue weighted by Gasteiger charge is 2.03. The molecule has 0 fully saturated rings. The first-order valence-electron chi connectivity index (χ1n) is 5.89. The molecule has 2 nitrogen and oxygen atoms in total. The summed E-state index contributed by atoms with van der Waals surface area (Å²) in [6.45, 7) is 8.64. The Morgan fingerprint density at radius 2 is 1.79 bits per heavy atom. The fourth-order valence-electron chi connectivity index (χ4n) is 1.51. The maximum Gasteiger partial charge on any atom is 0.0491 e. The maximum absolute atomic E-state index is 8.71. The van der Waals surface area contributed by atoms with E-state index in [0.29, 0.717) is 18.4 Å². The van der Waals surface area contributed by atoms with Crippen LogP contribution >= 0.6 is 0 Å². The predicted octanol–water partition coefficient (Wildman–Crippen LogP) is 2.85. The lowest BCUT2D eigenvalue weighted by Crippen LogP contribution is -2.09. The SMILES string of the molecule is CCCC(C)COCCC(C)CCO. The molecule has 2 atom stereocenters. The van der Waals surface area contributed by atoms with Crippen LogP contribution in [0.15, 0.2) is 0 Å². The average Bonchev–Trinajstić information content (AvgIpc) is 2.13. The number of hydrogen-bond acceptors (Lipinski definition) is 2. The summed E-state index contributed by atoms with van der Waals surface area (Å²) in [5, 5.41) is 8.71. The molecule has 0 aliphatic carbocycles. The summed E-state index contributed by atoms with van der Waals surface area (Å²) >= 11 is 0. The van der Waals surface area contributed by atoms with Crippen molar-refractivity contribution in [3.63, 3.8) is 0 Å². The van der Waals surface area contributed by atoms with Crippen LogP contribution in [0, 0.1) is 11.8 Å². The molecular formula is C12H26O2. The quantitative estimate of drug-likeness (QED) is 0.583. The molecule has 0 aromatic heterocycles. The van der Waals surface area contributed by atoms with E-state index in [1.54, 1.807) is 0 Å². The molecule has 0 aromatic carbocycles. The molecule has 0 amide bonds. The molecule has 2 heteroatoms. The van der Waals surface area contributed by atoms with Crippen LogP contribution in [0.3, 0.4) is 0 Å². The second-order valence-electron chi connectivity index (χ2n) is 4.37. The summed E-state index contributed by atoms with van der Waals surface area (Å²) in [6, 6.07) is 0. The van der Waals surface area contributed by atoms with E-state index >= 15 is 0 Å². The summed E-state index contributed by atoms with van der Waals surface area (Å²) in [6.07, 6.45) is 4.46. The van der Waals surface area contributed by atoms with Gasteiger partial charge in [-0.2, -0.15) is 0 Å². The first-order chi connectivity index (χ1) is 6.70. The van der Waals surface area contributed by atoms with Crippen molar-refractivity contribution < 1.29 is 9.84 Å². The summed E-state index contributed by atoms with van der Waals surface area (Å²) in [7, 11) is 0.